The molecule has 3 heterocycles. The van der Waals surface area contributed by atoms with Gasteiger partial charge in [-0.05, 0) is 37.1 Å². The van der Waals surface area contributed by atoms with Crippen molar-refractivity contribution in [3.63, 3.8) is 0 Å². The molecule has 35 heavy (non-hydrogen) atoms. The minimum Gasteiger partial charge on any atom is -0.476 e. The molecule has 0 aliphatic carbocycles. The van der Waals surface area contributed by atoms with Crippen molar-refractivity contribution in [2.24, 2.45) is 5.92 Å². The lowest BCUT2D eigenvalue weighted by Crippen LogP contribution is -2.55. The molecule has 2 aromatic rings. The van der Waals surface area contributed by atoms with Crippen molar-refractivity contribution >= 4 is 29.2 Å². The Hall–Kier alpha value is -3.59. The number of carbonyl (C=O) groups is 3. The fourth-order valence-electron chi connectivity index (χ4n) is 4.83. The van der Waals surface area contributed by atoms with Crippen LogP contribution in [-0.2, 0) is 14.3 Å². The monoisotopic (exact) mass is 478 g/mol. The molecule has 2 saturated heterocycles. The van der Waals surface area contributed by atoms with Crippen LogP contribution in [0.5, 0.6) is 5.75 Å². The van der Waals surface area contributed by atoms with Gasteiger partial charge in [-0.2, -0.15) is 0 Å². The lowest BCUT2D eigenvalue weighted by atomic mass is 9.94. The summed E-state index contributed by atoms with van der Waals surface area (Å²) in [6.45, 7) is 3.24. The largest absolute Gasteiger partial charge is 0.476 e. The van der Waals surface area contributed by atoms with E-state index in [-0.39, 0.29) is 30.3 Å². The van der Waals surface area contributed by atoms with Crippen LogP contribution >= 0.6 is 0 Å². The maximum atomic E-state index is 13.6. The molecule has 9 nitrogen and oxygen atoms in total. The summed E-state index contributed by atoms with van der Waals surface area (Å²) < 4.78 is 11.4. The van der Waals surface area contributed by atoms with Crippen LogP contribution in [0.1, 0.15) is 12.8 Å². The summed E-state index contributed by atoms with van der Waals surface area (Å²) in [5.41, 5.74) is 1.43. The smallest absolute Gasteiger partial charge is 0.321 e. The number of rotatable bonds is 3. The molecule has 0 bridgehead atoms. The number of hydrogen-bond donors (Lipinski definition) is 1. The minimum atomic E-state index is -0.747. The SMILES string of the molecule is O=C(Nc1ccccc1)N1CCC(C(=O)N2C[C@H](C(=O)N3CCOCC3)Oc3ccccc32)CC1. The summed E-state index contributed by atoms with van der Waals surface area (Å²) in [5.74, 6) is 0.177. The molecule has 4 amide bonds. The maximum Gasteiger partial charge on any atom is 0.321 e. The first-order valence-electron chi connectivity index (χ1n) is 12.1. The van der Waals surface area contributed by atoms with E-state index in [1.165, 1.54) is 0 Å². The third-order valence-electron chi connectivity index (χ3n) is 6.79. The number of anilines is 2. The molecule has 0 spiro atoms. The number of nitrogens with one attached hydrogen (secondary N) is 1. The zero-order chi connectivity index (χ0) is 24.2. The highest BCUT2D eigenvalue weighted by atomic mass is 16.5. The maximum absolute atomic E-state index is 13.6. The molecule has 1 N–H and O–H groups in total. The lowest BCUT2D eigenvalue weighted by molar-refractivity contribution is -0.143. The highest BCUT2D eigenvalue weighted by Gasteiger charge is 2.39. The van der Waals surface area contributed by atoms with Gasteiger partial charge in [-0.3, -0.25) is 9.59 Å². The molecule has 2 fully saturated rings. The standard InChI is InChI=1S/C26H30N4O5/c31-24(19-10-12-29(13-11-19)26(33)27-20-6-2-1-3-7-20)30-18-23(25(32)28-14-16-34-17-15-28)35-22-9-5-4-8-21(22)30/h1-9,19,23H,10-18H2,(H,27,33)/t23-/m1/s1. The zero-order valence-corrected chi connectivity index (χ0v) is 19.6. The fourth-order valence-corrected chi connectivity index (χ4v) is 4.83. The summed E-state index contributed by atoms with van der Waals surface area (Å²) in [6.07, 6.45) is 0.398. The van der Waals surface area contributed by atoms with Gasteiger partial charge in [-0.1, -0.05) is 30.3 Å². The predicted octanol–water partition coefficient (Wildman–Crippen LogP) is 2.58. The van der Waals surface area contributed by atoms with Gasteiger partial charge in [0.05, 0.1) is 25.4 Å². The third-order valence-corrected chi connectivity index (χ3v) is 6.79. The van der Waals surface area contributed by atoms with Crippen molar-refractivity contribution in [1.29, 1.82) is 0 Å². The number of morpholine rings is 1. The molecule has 0 aromatic heterocycles. The van der Waals surface area contributed by atoms with Crippen LogP contribution in [0.2, 0.25) is 0 Å². The van der Waals surface area contributed by atoms with Gasteiger partial charge in [0.2, 0.25) is 5.91 Å². The zero-order valence-electron chi connectivity index (χ0n) is 19.6. The number of benzene rings is 2. The second-order valence-corrected chi connectivity index (χ2v) is 9.02. The topological polar surface area (TPSA) is 91.4 Å². The van der Waals surface area contributed by atoms with Crippen molar-refractivity contribution in [3.8, 4) is 5.75 Å². The van der Waals surface area contributed by atoms with E-state index in [0.717, 1.165) is 5.69 Å². The first kappa shape index (κ1) is 23.2. The highest BCUT2D eigenvalue weighted by molar-refractivity contribution is 5.99. The highest BCUT2D eigenvalue weighted by Crippen LogP contribution is 2.35. The van der Waals surface area contributed by atoms with E-state index in [1.807, 2.05) is 48.5 Å². The Kier molecular flexibility index (Phi) is 6.85. The van der Waals surface area contributed by atoms with Crippen molar-refractivity contribution in [2.45, 2.75) is 18.9 Å². The van der Waals surface area contributed by atoms with Crippen LogP contribution in [0, 0.1) is 5.92 Å². The Labute approximate surface area is 204 Å². The number of nitrogens with zero attached hydrogens (tertiary/aromatic N) is 3. The molecular formula is C26H30N4O5. The van der Waals surface area contributed by atoms with Gasteiger partial charge in [0, 0.05) is 37.8 Å². The first-order valence-corrected chi connectivity index (χ1v) is 12.1. The molecule has 184 valence electrons. The van der Waals surface area contributed by atoms with Crippen molar-refractivity contribution in [1.82, 2.24) is 9.80 Å². The van der Waals surface area contributed by atoms with E-state index in [4.69, 9.17) is 9.47 Å². The number of para-hydroxylation sites is 3. The first-order chi connectivity index (χ1) is 17.1. The average molecular weight is 479 g/mol. The van der Waals surface area contributed by atoms with Crippen LogP contribution in [0.4, 0.5) is 16.2 Å². The van der Waals surface area contributed by atoms with Crippen LogP contribution in [-0.4, -0.2) is 79.7 Å². The Morgan fingerprint density at radius 3 is 2.23 bits per heavy atom. The summed E-state index contributed by atoms with van der Waals surface area (Å²) in [5, 5.41) is 2.91. The summed E-state index contributed by atoms with van der Waals surface area (Å²) in [4.78, 5) is 44.6. The molecule has 3 aliphatic heterocycles. The number of urea groups is 1. The predicted molar refractivity (Wildman–Crippen MR) is 130 cm³/mol. The Bertz CT molecular complexity index is 1060. The Morgan fingerprint density at radius 2 is 1.49 bits per heavy atom. The minimum absolute atomic E-state index is 0.0244. The van der Waals surface area contributed by atoms with E-state index >= 15 is 0 Å². The van der Waals surface area contributed by atoms with Crippen LogP contribution in [0.25, 0.3) is 0 Å². The van der Waals surface area contributed by atoms with Gasteiger partial charge in [0.15, 0.2) is 6.10 Å². The molecule has 0 saturated carbocycles. The number of amides is 4. The average Bonchev–Trinajstić information content (AvgIpc) is 2.92. The van der Waals surface area contributed by atoms with Crippen molar-refractivity contribution in [3.05, 3.63) is 54.6 Å². The van der Waals surface area contributed by atoms with E-state index in [9.17, 15) is 14.4 Å². The van der Waals surface area contributed by atoms with Gasteiger partial charge < -0.3 is 29.5 Å². The van der Waals surface area contributed by atoms with E-state index in [1.54, 1.807) is 20.8 Å². The van der Waals surface area contributed by atoms with Gasteiger partial charge in [-0.25, -0.2) is 4.79 Å². The normalized spacial score (nSPS) is 20.6. The van der Waals surface area contributed by atoms with Crippen LogP contribution < -0.4 is 15.0 Å². The molecule has 3 aliphatic rings. The number of fused-ring (bicyclic) bond motifs is 1. The molecular weight excluding hydrogens is 448 g/mol. The van der Waals surface area contributed by atoms with Crippen LogP contribution in [0.3, 0.4) is 0 Å². The summed E-state index contributed by atoms with van der Waals surface area (Å²) in [7, 11) is 0. The number of likely N-dealkylation sites (tertiary alicyclic amines) is 1. The Morgan fingerprint density at radius 1 is 0.800 bits per heavy atom. The molecule has 5 rings (SSSR count). The van der Waals surface area contributed by atoms with E-state index in [0.29, 0.717) is 63.7 Å². The van der Waals surface area contributed by atoms with Crippen LogP contribution in [0.15, 0.2) is 54.6 Å². The fraction of sp³-hybridized carbons (Fsp3) is 0.423. The molecule has 9 heteroatoms. The van der Waals surface area contributed by atoms with Crippen molar-refractivity contribution in [2.75, 3.05) is 56.2 Å². The molecule has 0 unspecified atom stereocenters. The lowest BCUT2D eigenvalue weighted by Gasteiger charge is -2.39. The van der Waals surface area contributed by atoms with E-state index < -0.39 is 6.10 Å². The third kappa shape index (κ3) is 5.09. The molecule has 2 aromatic carbocycles. The molecule has 0 radical (unpaired) electrons. The second-order valence-electron chi connectivity index (χ2n) is 9.02. The van der Waals surface area contributed by atoms with Crippen molar-refractivity contribution < 1.29 is 23.9 Å². The van der Waals surface area contributed by atoms with Gasteiger partial charge in [0.25, 0.3) is 5.91 Å². The molecule has 1 atom stereocenters. The number of ether oxygens (including phenoxy) is 2. The summed E-state index contributed by atoms with van der Waals surface area (Å²) in [6, 6.07) is 16.5. The number of carbonyl (C=O) groups excluding carboxylic acids is 3. The summed E-state index contributed by atoms with van der Waals surface area (Å²) >= 11 is 0. The second kappa shape index (κ2) is 10.4. The number of piperidine rings is 1. The Balaban J connectivity index is 1.24. The van der Waals surface area contributed by atoms with Gasteiger partial charge >= 0.3 is 6.03 Å². The quantitative estimate of drug-likeness (QED) is 0.732. The van der Waals surface area contributed by atoms with Gasteiger partial charge in [0.1, 0.15) is 5.75 Å². The van der Waals surface area contributed by atoms with Gasteiger partial charge in [-0.15, -0.1) is 0 Å². The number of hydrogen-bond acceptors (Lipinski definition) is 5. The van der Waals surface area contributed by atoms with E-state index in [2.05, 4.69) is 5.32 Å².